The van der Waals surface area contributed by atoms with E-state index >= 15 is 0 Å². The van der Waals surface area contributed by atoms with Crippen molar-refractivity contribution in [2.24, 2.45) is 0 Å². The van der Waals surface area contributed by atoms with Gasteiger partial charge in [0, 0.05) is 18.0 Å². The second-order valence-corrected chi connectivity index (χ2v) is 6.66. The largest absolute Gasteiger partial charge is 0.497 e. The van der Waals surface area contributed by atoms with Gasteiger partial charge >= 0.3 is 0 Å². The van der Waals surface area contributed by atoms with Crippen molar-refractivity contribution >= 4 is 34.8 Å². The van der Waals surface area contributed by atoms with Gasteiger partial charge in [-0.1, -0.05) is 46.9 Å². The number of methoxy groups -OCH3 is 1. The number of halogens is 3. The van der Waals surface area contributed by atoms with Crippen LogP contribution in [0.2, 0.25) is 0 Å². The zero-order chi connectivity index (χ0) is 15.6. The summed E-state index contributed by atoms with van der Waals surface area (Å²) in [6.07, 6.45) is 1.59. The van der Waals surface area contributed by atoms with Crippen LogP contribution in [0.4, 0.5) is 0 Å². The molecule has 1 atom stereocenters. The molecule has 0 aliphatic carbocycles. The minimum atomic E-state index is -1.89. The predicted molar refractivity (Wildman–Crippen MR) is 82.7 cm³/mol. The smallest absolute Gasteiger partial charge is 0.234 e. The monoisotopic (exact) mass is 344 g/mol. The molecule has 1 aromatic carbocycles. The number of nitrogens with zero attached hydrogens (tertiary/aromatic N) is 2. The number of hydrogen-bond donors (Lipinski definition) is 1. The van der Waals surface area contributed by atoms with Crippen molar-refractivity contribution in [2.75, 3.05) is 7.11 Å². The Morgan fingerprint density at radius 1 is 1.33 bits per heavy atom. The van der Waals surface area contributed by atoms with Crippen LogP contribution in [0.3, 0.4) is 0 Å². The molecule has 7 heteroatoms. The van der Waals surface area contributed by atoms with Gasteiger partial charge in [0.15, 0.2) is 6.23 Å². The average molecular weight is 346 g/mol. The van der Waals surface area contributed by atoms with Crippen molar-refractivity contribution in [3.8, 4) is 22.9 Å². The summed E-state index contributed by atoms with van der Waals surface area (Å²) in [4.78, 5) is 0. The van der Waals surface area contributed by atoms with E-state index in [1.54, 1.807) is 31.5 Å². The molecular weight excluding hydrogens is 335 g/mol. The number of aliphatic hydroxyl groups excluding tert-OH is 1. The van der Waals surface area contributed by atoms with Crippen molar-refractivity contribution in [1.82, 2.24) is 4.57 Å². The number of rotatable bonds is 3. The first-order chi connectivity index (χ1) is 9.86. The lowest BCUT2D eigenvalue weighted by molar-refractivity contribution is 0.109. The topological polar surface area (TPSA) is 58.2 Å². The van der Waals surface area contributed by atoms with Crippen molar-refractivity contribution in [3.63, 3.8) is 0 Å². The predicted octanol–water partition coefficient (Wildman–Crippen LogP) is 3.90. The second-order valence-electron chi connectivity index (χ2n) is 4.29. The molecule has 0 saturated carbocycles. The summed E-state index contributed by atoms with van der Waals surface area (Å²) in [6, 6.07) is 9.26. The SMILES string of the molecule is COc1cccc(-c2cn(C(O)C(Cl)(Cl)Cl)cc2C#N)c1. The molecule has 1 unspecified atom stereocenters. The zero-order valence-corrected chi connectivity index (χ0v) is 13.2. The lowest BCUT2D eigenvalue weighted by Crippen LogP contribution is -2.21. The summed E-state index contributed by atoms with van der Waals surface area (Å²) >= 11 is 17.0. The number of aliphatic hydroxyl groups is 1. The Kier molecular flexibility index (Phi) is 4.70. The number of nitriles is 1. The van der Waals surface area contributed by atoms with Crippen LogP contribution < -0.4 is 4.74 Å². The zero-order valence-electron chi connectivity index (χ0n) is 10.9. The summed E-state index contributed by atoms with van der Waals surface area (Å²) in [5.74, 6) is 0.658. The van der Waals surface area contributed by atoms with Gasteiger partial charge in [-0.05, 0) is 17.7 Å². The molecule has 0 saturated heterocycles. The number of alkyl halides is 3. The Balaban J connectivity index is 2.50. The molecule has 2 rings (SSSR count). The van der Waals surface area contributed by atoms with Gasteiger partial charge in [0.25, 0.3) is 0 Å². The van der Waals surface area contributed by atoms with Gasteiger partial charge in [-0.25, -0.2) is 0 Å². The van der Waals surface area contributed by atoms with Crippen LogP contribution in [-0.2, 0) is 0 Å². The number of benzene rings is 1. The van der Waals surface area contributed by atoms with Crippen molar-refractivity contribution < 1.29 is 9.84 Å². The quantitative estimate of drug-likeness (QED) is 0.858. The van der Waals surface area contributed by atoms with E-state index in [-0.39, 0.29) is 0 Å². The highest BCUT2D eigenvalue weighted by Gasteiger charge is 2.32. The van der Waals surface area contributed by atoms with Gasteiger partial charge in [-0.2, -0.15) is 5.26 Å². The van der Waals surface area contributed by atoms with E-state index in [1.807, 2.05) is 6.07 Å². The standard InChI is InChI=1S/C14H11Cl3N2O2/c1-21-11-4-2-3-9(5-11)12-8-19(7-10(12)6-18)13(20)14(15,16)17/h2-5,7-8,13,20H,1H3. The second kappa shape index (κ2) is 6.17. The number of aromatic nitrogens is 1. The van der Waals surface area contributed by atoms with Gasteiger partial charge in [0.2, 0.25) is 3.79 Å². The summed E-state index contributed by atoms with van der Waals surface area (Å²) in [5, 5.41) is 19.2. The van der Waals surface area contributed by atoms with E-state index in [0.717, 1.165) is 5.56 Å². The lowest BCUT2D eigenvalue weighted by Gasteiger charge is -2.20. The highest BCUT2D eigenvalue weighted by Crippen LogP contribution is 2.38. The molecule has 0 aliphatic heterocycles. The van der Waals surface area contributed by atoms with Crippen LogP contribution in [-0.4, -0.2) is 20.6 Å². The van der Waals surface area contributed by atoms with Crippen LogP contribution in [0.1, 0.15) is 11.8 Å². The Hall–Kier alpha value is -1.38. The first-order valence-corrected chi connectivity index (χ1v) is 7.01. The molecule has 0 amide bonds. The molecular formula is C14H11Cl3N2O2. The fourth-order valence-corrected chi connectivity index (χ4v) is 2.23. The molecule has 2 aromatic rings. The van der Waals surface area contributed by atoms with E-state index < -0.39 is 10.0 Å². The molecule has 0 radical (unpaired) electrons. The van der Waals surface area contributed by atoms with Gasteiger partial charge in [-0.3, -0.25) is 0 Å². The van der Waals surface area contributed by atoms with E-state index in [9.17, 15) is 10.4 Å². The van der Waals surface area contributed by atoms with E-state index in [4.69, 9.17) is 39.5 Å². The Labute approximate surface area is 137 Å². The molecule has 21 heavy (non-hydrogen) atoms. The van der Waals surface area contributed by atoms with Crippen molar-refractivity contribution in [1.29, 1.82) is 5.26 Å². The average Bonchev–Trinajstić information content (AvgIpc) is 2.89. The molecule has 1 heterocycles. The van der Waals surface area contributed by atoms with Crippen LogP contribution in [0.5, 0.6) is 5.75 Å². The molecule has 1 N–H and O–H groups in total. The van der Waals surface area contributed by atoms with Gasteiger partial charge in [0.1, 0.15) is 11.8 Å². The maximum atomic E-state index is 9.97. The normalized spacial score (nSPS) is 12.8. The van der Waals surface area contributed by atoms with Gasteiger partial charge in [-0.15, -0.1) is 0 Å². The minimum Gasteiger partial charge on any atom is -0.497 e. The molecule has 110 valence electrons. The van der Waals surface area contributed by atoms with Crippen molar-refractivity contribution in [3.05, 3.63) is 42.2 Å². The van der Waals surface area contributed by atoms with Crippen LogP contribution >= 0.6 is 34.8 Å². The minimum absolute atomic E-state index is 0.358. The van der Waals surface area contributed by atoms with Crippen LogP contribution in [0.15, 0.2) is 36.7 Å². The Bertz CT molecular complexity index is 686. The van der Waals surface area contributed by atoms with E-state index in [0.29, 0.717) is 16.9 Å². The maximum absolute atomic E-state index is 9.97. The number of hydrogen-bond acceptors (Lipinski definition) is 3. The molecule has 0 fully saturated rings. The third-order valence-electron chi connectivity index (χ3n) is 2.92. The van der Waals surface area contributed by atoms with E-state index in [2.05, 4.69) is 6.07 Å². The van der Waals surface area contributed by atoms with Gasteiger partial charge in [0.05, 0.1) is 12.7 Å². The first kappa shape index (κ1) is 16.0. The summed E-state index contributed by atoms with van der Waals surface area (Å²) in [5.41, 5.74) is 1.74. The third kappa shape index (κ3) is 3.45. The van der Waals surface area contributed by atoms with Crippen LogP contribution in [0, 0.1) is 11.3 Å². The van der Waals surface area contributed by atoms with Crippen LogP contribution in [0.25, 0.3) is 11.1 Å². The first-order valence-electron chi connectivity index (χ1n) is 5.87. The fraction of sp³-hybridized carbons (Fsp3) is 0.214. The Morgan fingerprint density at radius 2 is 2.05 bits per heavy atom. The lowest BCUT2D eigenvalue weighted by atomic mass is 10.1. The fourth-order valence-electron chi connectivity index (χ4n) is 1.89. The highest BCUT2D eigenvalue weighted by atomic mass is 35.6. The molecule has 1 aromatic heterocycles. The summed E-state index contributed by atoms with van der Waals surface area (Å²) in [6.45, 7) is 0. The molecule has 4 nitrogen and oxygen atoms in total. The molecule has 0 spiro atoms. The number of ether oxygens (including phenoxy) is 1. The highest BCUT2D eigenvalue weighted by molar-refractivity contribution is 6.67. The molecule has 0 bridgehead atoms. The Morgan fingerprint density at radius 3 is 2.62 bits per heavy atom. The molecule has 0 aliphatic rings. The van der Waals surface area contributed by atoms with Gasteiger partial charge < -0.3 is 14.4 Å². The summed E-state index contributed by atoms with van der Waals surface area (Å²) < 4.78 is 4.56. The van der Waals surface area contributed by atoms with E-state index in [1.165, 1.54) is 10.8 Å². The van der Waals surface area contributed by atoms with Crippen molar-refractivity contribution in [2.45, 2.75) is 10.0 Å². The maximum Gasteiger partial charge on any atom is 0.234 e. The summed E-state index contributed by atoms with van der Waals surface area (Å²) in [7, 11) is 1.56. The third-order valence-corrected chi connectivity index (χ3v) is 3.51.